The van der Waals surface area contributed by atoms with Crippen molar-refractivity contribution < 1.29 is 9.32 Å². The van der Waals surface area contributed by atoms with Crippen molar-refractivity contribution >= 4 is 17.2 Å². The van der Waals surface area contributed by atoms with E-state index in [2.05, 4.69) is 20.4 Å². The summed E-state index contributed by atoms with van der Waals surface area (Å²) in [6.07, 6.45) is 0. The van der Waals surface area contributed by atoms with E-state index in [-0.39, 0.29) is 5.91 Å². The average Bonchev–Trinajstić information content (AvgIpc) is 3.38. The van der Waals surface area contributed by atoms with Crippen molar-refractivity contribution in [2.45, 2.75) is 19.9 Å². The lowest BCUT2D eigenvalue weighted by molar-refractivity contribution is 0.0932. The molecule has 28 heavy (non-hydrogen) atoms. The summed E-state index contributed by atoms with van der Waals surface area (Å²) in [6.45, 7) is 3.79. The zero-order valence-electron chi connectivity index (χ0n) is 15.4. The molecule has 0 aliphatic carbocycles. The number of thiazole rings is 1. The van der Waals surface area contributed by atoms with Crippen LogP contribution in [0, 0.1) is 6.92 Å². The summed E-state index contributed by atoms with van der Waals surface area (Å²) in [5.41, 5.74) is 3.34. The summed E-state index contributed by atoms with van der Waals surface area (Å²) in [5.74, 6) is 0.646. The number of rotatable bonds is 5. The molecular formula is C21H18N4O2S. The maximum absolute atomic E-state index is 12.3. The van der Waals surface area contributed by atoms with Crippen LogP contribution < -0.4 is 5.32 Å². The molecule has 6 nitrogen and oxygen atoms in total. The average molecular weight is 390 g/mol. The van der Waals surface area contributed by atoms with E-state index in [0.717, 1.165) is 21.8 Å². The molecule has 2 aromatic carbocycles. The molecule has 0 saturated carbocycles. The lowest BCUT2D eigenvalue weighted by atomic mass is 10.1. The summed E-state index contributed by atoms with van der Waals surface area (Å²) < 4.78 is 5.38. The van der Waals surface area contributed by atoms with Gasteiger partial charge in [-0.05, 0) is 32.0 Å². The zero-order chi connectivity index (χ0) is 19.5. The molecule has 1 unspecified atom stereocenters. The van der Waals surface area contributed by atoms with Gasteiger partial charge >= 0.3 is 0 Å². The van der Waals surface area contributed by atoms with Gasteiger partial charge in [-0.3, -0.25) is 4.79 Å². The molecule has 0 fully saturated rings. The van der Waals surface area contributed by atoms with Crippen LogP contribution in [-0.2, 0) is 0 Å². The Labute approximate surface area is 166 Å². The Balaban J connectivity index is 1.52. The fraction of sp³-hybridized carbons (Fsp3) is 0.143. The van der Waals surface area contributed by atoms with Gasteiger partial charge in [-0.1, -0.05) is 41.6 Å². The van der Waals surface area contributed by atoms with E-state index >= 15 is 0 Å². The van der Waals surface area contributed by atoms with Crippen LogP contribution in [0.15, 0.2) is 64.5 Å². The predicted molar refractivity (Wildman–Crippen MR) is 108 cm³/mol. The monoisotopic (exact) mass is 390 g/mol. The molecule has 0 radical (unpaired) electrons. The molecule has 0 aliphatic heterocycles. The van der Waals surface area contributed by atoms with Crippen LogP contribution >= 0.6 is 11.3 Å². The van der Waals surface area contributed by atoms with E-state index in [9.17, 15) is 4.79 Å². The molecule has 1 amide bonds. The predicted octanol–water partition coefficient (Wildman–Crippen LogP) is 4.66. The highest BCUT2D eigenvalue weighted by Crippen LogP contribution is 2.26. The summed E-state index contributed by atoms with van der Waals surface area (Å²) in [4.78, 5) is 21.3. The fourth-order valence-electron chi connectivity index (χ4n) is 2.77. The fourth-order valence-corrected chi connectivity index (χ4v) is 3.40. The van der Waals surface area contributed by atoms with Gasteiger partial charge in [-0.2, -0.15) is 4.98 Å². The van der Waals surface area contributed by atoms with Gasteiger partial charge in [0.05, 0.1) is 10.7 Å². The molecule has 0 aliphatic rings. The standard InChI is InChI=1S/C21H18N4O2S/c1-13(22-20(26)15-7-4-3-5-8-15)21-24-19(25-27-21)17-10-6-9-16(11-17)18-12-28-14(2)23-18/h3-13H,1-2H3,(H,22,26). The number of nitrogens with zero attached hydrogens (tertiary/aromatic N) is 3. The minimum atomic E-state index is -0.404. The van der Waals surface area contributed by atoms with Crippen LogP contribution in [-0.4, -0.2) is 21.0 Å². The first-order chi connectivity index (χ1) is 13.6. The number of amides is 1. The zero-order valence-corrected chi connectivity index (χ0v) is 16.2. The van der Waals surface area contributed by atoms with E-state index in [0.29, 0.717) is 17.3 Å². The maximum atomic E-state index is 12.3. The van der Waals surface area contributed by atoms with Crippen molar-refractivity contribution in [2.75, 3.05) is 0 Å². The van der Waals surface area contributed by atoms with Crippen LogP contribution in [0.2, 0.25) is 0 Å². The Kier molecular flexibility index (Phi) is 4.99. The largest absolute Gasteiger partial charge is 0.341 e. The second-order valence-corrected chi connectivity index (χ2v) is 7.41. The third-order valence-corrected chi connectivity index (χ3v) is 5.00. The Morgan fingerprint density at radius 3 is 2.61 bits per heavy atom. The van der Waals surface area contributed by atoms with Crippen LogP contribution in [0.25, 0.3) is 22.6 Å². The third-order valence-electron chi connectivity index (χ3n) is 4.23. The molecule has 4 aromatic rings. The minimum Gasteiger partial charge on any atom is -0.341 e. The van der Waals surface area contributed by atoms with Crippen molar-refractivity contribution in [2.24, 2.45) is 0 Å². The van der Waals surface area contributed by atoms with Crippen LogP contribution in [0.3, 0.4) is 0 Å². The molecule has 1 atom stereocenters. The topological polar surface area (TPSA) is 80.9 Å². The molecule has 2 aromatic heterocycles. The normalized spacial score (nSPS) is 11.9. The quantitative estimate of drug-likeness (QED) is 0.536. The van der Waals surface area contributed by atoms with Crippen LogP contribution in [0.4, 0.5) is 0 Å². The number of nitrogens with one attached hydrogen (secondary N) is 1. The highest BCUT2D eigenvalue weighted by atomic mass is 32.1. The molecule has 0 bridgehead atoms. The first-order valence-corrected chi connectivity index (χ1v) is 9.70. The van der Waals surface area contributed by atoms with E-state index in [1.54, 1.807) is 23.5 Å². The Hall–Kier alpha value is -3.32. The highest BCUT2D eigenvalue weighted by molar-refractivity contribution is 7.09. The van der Waals surface area contributed by atoms with E-state index < -0.39 is 6.04 Å². The second-order valence-electron chi connectivity index (χ2n) is 6.35. The van der Waals surface area contributed by atoms with Crippen molar-refractivity contribution in [1.29, 1.82) is 0 Å². The summed E-state index contributed by atoms with van der Waals surface area (Å²) in [5, 5.41) is 9.99. The summed E-state index contributed by atoms with van der Waals surface area (Å²) >= 11 is 1.61. The molecule has 7 heteroatoms. The molecule has 4 rings (SSSR count). The van der Waals surface area contributed by atoms with Crippen molar-refractivity contribution in [3.63, 3.8) is 0 Å². The van der Waals surface area contributed by atoms with Gasteiger partial charge in [-0.15, -0.1) is 11.3 Å². The lowest BCUT2D eigenvalue weighted by Crippen LogP contribution is -2.26. The third kappa shape index (κ3) is 3.84. The van der Waals surface area contributed by atoms with Crippen LogP contribution in [0.5, 0.6) is 0 Å². The molecule has 0 spiro atoms. The van der Waals surface area contributed by atoms with Gasteiger partial charge in [0.25, 0.3) is 5.91 Å². The molecule has 1 N–H and O–H groups in total. The Morgan fingerprint density at radius 2 is 1.86 bits per heavy atom. The SMILES string of the molecule is Cc1nc(-c2cccc(-c3noc(C(C)NC(=O)c4ccccc4)n3)c2)cs1. The highest BCUT2D eigenvalue weighted by Gasteiger charge is 2.18. The molecule has 2 heterocycles. The van der Waals surface area contributed by atoms with E-state index in [1.165, 1.54) is 0 Å². The number of aryl methyl sites for hydroxylation is 1. The van der Waals surface area contributed by atoms with Gasteiger partial charge < -0.3 is 9.84 Å². The van der Waals surface area contributed by atoms with Gasteiger partial charge in [0.1, 0.15) is 6.04 Å². The van der Waals surface area contributed by atoms with Crippen molar-refractivity contribution in [1.82, 2.24) is 20.4 Å². The molecular weight excluding hydrogens is 372 g/mol. The first kappa shape index (κ1) is 18.1. The van der Waals surface area contributed by atoms with Gasteiger partial charge in [0, 0.05) is 22.1 Å². The van der Waals surface area contributed by atoms with Gasteiger partial charge in [0.2, 0.25) is 11.7 Å². The molecule has 0 saturated heterocycles. The Bertz CT molecular complexity index is 1100. The number of carbonyl (C=O) groups excluding carboxylic acids is 1. The Morgan fingerprint density at radius 1 is 1.07 bits per heavy atom. The lowest BCUT2D eigenvalue weighted by Gasteiger charge is -2.09. The number of carbonyl (C=O) groups is 1. The van der Waals surface area contributed by atoms with Crippen molar-refractivity contribution in [3.8, 4) is 22.6 Å². The minimum absolute atomic E-state index is 0.186. The first-order valence-electron chi connectivity index (χ1n) is 8.82. The number of hydrogen-bond donors (Lipinski definition) is 1. The van der Waals surface area contributed by atoms with Gasteiger partial charge in [0.15, 0.2) is 0 Å². The summed E-state index contributed by atoms with van der Waals surface area (Å²) in [7, 11) is 0. The van der Waals surface area contributed by atoms with Gasteiger partial charge in [-0.25, -0.2) is 4.98 Å². The number of benzene rings is 2. The number of hydrogen-bond acceptors (Lipinski definition) is 6. The number of aromatic nitrogens is 3. The maximum Gasteiger partial charge on any atom is 0.251 e. The second kappa shape index (κ2) is 7.74. The van der Waals surface area contributed by atoms with E-state index in [4.69, 9.17) is 4.52 Å². The smallest absolute Gasteiger partial charge is 0.251 e. The van der Waals surface area contributed by atoms with Crippen LogP contribution in [0.1, 0.15) is 34.2 Å². The summed E-state index contributed by atoms with van der Waals surface area (Å²) in [6, 6.07) is 16.5. The molecule has 140 valence electrons. The van der Waals surface area contributed by atoms with E-state index in [1.807, 2.05) is 61.7 Å². The van der Waals surface area contributed by atoms with Crippen molar-refractivity contribution in [3.05, 3.63) is 76.4 Å².